The molecule has 0 aromatic carbocycles. The van der Waals surface area contributed by atoms with Gasteiger partial charge in [-0.05, 0) is 79.7 Å². The van der Waals surface area contributed by atoms with Gasteiger partial charge in [-0.1, -0.05) is 19.9 Å². The Morgan fingerprint density at radius 2 is 1.86 bits per heavy atom. The van der Waals surface area contributed by atoms with Gasteiger partial charge in [0.25, 0.3) is 5.91 Å². The highest BCUT2D eigenvalue weighted by Gasteiger charge is 2.50. The third-order valence-corrected chi connectivity index (χ3v) is 7.25. The van der Waals surface area contributed by atoms with Gasteiger partial charge in [0.2, 0.25) is 0 Å². The van der Waals surface area contributed by atoms with Crippen molar-refractivity contribution in [1.82, 2.24) is 20.1 Å². The first kappa shape index (κ1) is 17.9. The van der Waals surface area contributed by atoms with E-state index in [0.29, 0.717) is 11.0 Å². The Morgan fingerprint density at radius 3 is 2.43 bits per heavy atom. The summed E-state index contributed by atoms with van der Waals surface area (Å²) in [5.41, 5.74) is 1.96. The van der Waals surface area contributed by atoms with Gasteiger partial charge in [-0.15, -0.1) is 0 Å². The molecule has 0 unspecified atom stereocenters. The lowest BCUT2D eigenvalue weighted by molar-refractivity contribution is -0.0503. The van der Waals surface area contributed by atoms with Gasteiger partial charge in [0, 0.05) is 12.7 Å². The van der Waals surface area contributed by atoms with Crippen LogP contribution in [0.15, 0.2) is 30.6 Å². The molecule has 4 bridgehead atoms. The van der Waals surface area contributed by atoms with E-state index in [1.807, 2.05) is 22.9 Å². The van der Waals surface area contributed by atoms with Crippen LogP contribution in [0.1, 0.15) is 74.3 Å². The van der Waals surface area contributed by atoms with Gasteiger partial charge in [0.05, 0.1) is 17.5 Å². The summed E-state index contributed by atoms with van der Waals surface area (Å²) in [6, 6.07) is 5.76. The van der Waals surface area contributed by atoms with E-state index in [-0.39, 0.29) is 11.8 Å². The monoisotopic (exact) mass is 378 g/mol. The van der Waals surface area contributed by atoms with Crippen LogP contribution in [-0.2, 0) is 0 Å². The number of pyridine rings is 1. The van der Waals surface area contributed by atoms with E-state index < -0.39 is 0 Å². The molecule has 5 nitrogen and oxygen atoms in total. The van der Waals surface area contributed by atoms with Crippen molar-refractivity contribution in [2.24, 2.45) is 23.2 Å². The zero-order valence-electron chi connectivity index (χ0n) is 16.9. The van der Waals surface area contributed by atoms with Crippen LogP contribution in [0.25, 0.3) is 5.82 Å². The van der Waals surface area contributed by atoms with E-state index in [4.69, 9.17) is 0 Å². The summed E-state index contributed by atoms with van der Waals surface area (Å²) >= 11 is 0. The van der Waals surface area contributed by atoms with Crippen LogP contribution in [0, 0.1) is 23.2 Å². The third kappa shape index (κ3) is 3.05. The third-order valence-electron chi connectivity index (χ3n) is 7.25. The average Bonchev–Trinajstić information content (AvgIpc) is 3.11. The number of aromatic nitrogens is 3. The van der Waals surface area contributed by atoms with E-state index in [1.54, 1.807) is 12.4 Å². The number of hydrogen-bond acceptors (Lipinski definition) is 3. The van der Waals surface area contributed by atoms with Gasteiger partial charge in [0.1, 0.15) is 0 Å². The van der Waals surface area contributed by atoms with Crippen molar-refractivity contribution in [3.8, 4) is 5.82 Å². The maximum atomic E-state index is 13.1. The first-order valence-corrected chi connectivity index (χ1v) is 10.8. The SMILES string of the molecule is CC(C)c1c(C(=O)NCC23CC4CC(CC(C4)C2)C3)cnn1-c1ccccn1. The van der Waals surface area contributed by atoms with Gasteiger partial charge in [-0.2, -0.15) is 5.10 Å². The van der Waals surface area contributed by atoms with Crippen LogP contribution in [-0.4, -0.2) is 27.2 Å². The number of carbonyl (C=O) groups excluding carboxylic acids is 1. The zero-order valence-corrected chi connectivity index (χ0v) is 16.9. The Balaban J connectivity index is 1.35. The molecule has 0 atom stereocenters. The minimum absolute atomic E-state index is 0.0154. The van der Waals surface area contributed by atoms with Gasteiger partial charge in [-0.25, -0.2) is 9.67 Å². The number of amides is 1. The Labute approximate surface area is 166 Å². The molecule has 4 aliphatic carbocycles. The summed E-state index contributed by atoms with van der Waals surface area (Å²) in [6.45, 7) is 5.03. The Hall–Kier alpha value is -2.17. The fourth-order valence-electron chi connectivity index (χ4n) is 6.62. The van der Waals surface area contributed by atoms with Gasteiger partial charge in [0.15, 0.2) is 5.82 Å². The predicted molar refractivity (Wildman–Crippen MR) is 108 cm³/mol. The minimum Gasteiger partial charge on any atom is -0.351 e. The second-order valence-corrected chi connectivity index (χ2v) is 9.80. The van der Waals surface area contributed by atoms with Crippen LogP contribution in [0.5, 0.6) is 0 Å². The van der Waals surface area contributed by atoms with E-state index in [0.717, 1.165) is 35.8 Å². The molecule has 28 heavy (non-hydrogen) atoms. The molecule has 0 radical (unpaired) electrons. The van der Waals surface area contributed by atoms with Crippen LogP contribution in [0.2, 0.25) is 0 Å². The first-order valence-electron chi connectivity index (χ1n) is 10.8. The fourth-order valence-corrected chi connectivity index (χ4v) is 6.62. The lowest BCUT2D eigenvalue weighted by Crippen LogP contribution is -2.51. The number of rotatable bonds is 5. The summed E-state index contributed by atoms with van der Waals surface area (Å²) in [5, 5.41) is 7.80. The van der Waals surface area contributed by atoms with Crippen molar-refractivity contribution >= 4 is 5.91 Å². The second kappa shape index (κ2) is 6.71. The molecule has 2 aromatic heterocycles. The molecule has 2 heterocycles. The first-order chi connectivity index (χ1) is 13.5. The molecule has 5 heteroatoms. The van der Waals surface area contributed by atoms with E-state index in [1.165, 1.54) is 38.5 Å². The highest BCUT2D eigenvalue weighted by molar-refractivity contribution is 5.95. The molecule has 6 rings (SSSR count). The Bertz CT molecular complexity index is 835. The fraction of sp³-hybridized carbons (Fsp3) is 0.609. The summed E-state index contributed by atoms with van der Waals surface area (Å²) in [5.74, 6) is 3.67. The summed E-state index contributed by atoms with van der Waals surface area (Å²) in [7, 11) is 0. The molecule has 4 aliphatic rings. The molecule has 0 aliphatic heterocycles. The summed E-state index contributed by atoms with van der Waals surface area (Å²) in [6.07, 6.45) is 11.7. The van der Waals surface area contributed by atoms with Crippen molar-refractivity contribution in [3.63, 3.8) is 0 Å². The smallest absolute Gasteiger partial charge is 0.254 e. The number of carbonyl (C=O) groups is 1. The molecule has 4 fully saturated rings. The van der Waals surface area contributed by atoms with Crippen molar-refractivity contribution in [1.29, 1.82) is 0 Å². The standard InChI is InChI=1S/C23H30N4O/c1-15(2)21-19(13-26-27(21)20-5-3-4-6-24-20)22(28)25-14-23-10-16-7-17(11-23)9-18(8-16)12-23/h3-6,13,15-18H,7-12,14H2,1-2H3,(H,25,28). The predicted octanol–water partition coefficient (Wildman–Crippen LogP) is 4.34. The number of hydrogen-bond donors (Lipinski definition) is 1. The van der Waals surface area contributed by atoms with Crippen LogP contribution >= 0.6 is 0 Å². The number of nitrogens with zero attached hydrogens (tertiary/aromatic N) is 3. The maximum Gasteiger partial charge on any atom is 0.254 e. The average molecular weight is 379 g/mol. The maximum absolute atomic E-state index is 13.1. The molecular weight excluding hydrogens is 348 g/mol. The highest BCUT2D eigenvalue weighted by atomic mass is 16.1. The lowest BCUT2D eigenvalue weighted by Gasteiger charge is -2.56. The molecule has 0 spiro atoms. The molecule has 0 saturated heterocycles. The van der Waals surface area contributed by atoms with Gasteiger partial charge < -0.3 is 5.32 Å². The van der Waals surface area contributed by atoms with Crippen molar-refractivity contribution in [2.45, 2.75) is 58.3 Å². The van der Waals surface area contributed by atoms with Crippen molar-refractivity contribution < 1.29 is 4.79 Å². The molecule has 2 aromatic rings. The van der Waals surface area contributed by atoms with Crippen molar-refractivity contribution in [3.05, 3.63) is 41.9 Å². The van der Waals surface area contributed by atoms with Gasteiger partial charge in [-0.3, -0.25) is 4.79 Å². The van der Waals surface area contributed by atoms with Gasteiger partial charge >= 0.3 is 0 Å². The van der Waals surface area contributed by atoms with Crippen LogP contribution in [0.4, 0.5) is 0 Å². The number of nitrogens with one attached hydrogen (secondary N) is 1. The quantitative estimate of drug-likeness (QED) is 0.842. The molecule has 4 saturated carbocycles. The minimum atomic E-state index is 0.0154. The lowest BCUT2D eigenvalue weighted by atomic mass is 9.49. The summed E-state index contributed by atoms with van der Waals surface area (Å²) in [4.78, 5) is 17.5. The van der Waals surface area contributed by atoms with E-state index in [9.17, 15) is 4.79 Å². The van der Waals surface area contributed by atoms with E-state index in [2.05, 4.69) is 29.2 Å². The van der Waals surface area contributed by atoms with Crippen LogP contribution in [0.3, 0.4) is 0 Å². The molecule has 1 N–H and O–H groups in total. The molecule has 148 valence electrons. The molecule has 1 amide bonds. The summed E-state index contributed by atoms with van der Waals surface area (Å²) < 4.78 is 1.81. The van der Waals surface area contributed by atoms with Crippen LogP contribution < -0.4 is 5.32 Å². The Morgan fingerprint density at radius 1 is 1.18 bits per heavy atom. The van der Waals surface area contributed by atoms with E-state index >= 15 is 0 Å². The largest absolute Gasteiger partial charge is 0.351 e. The Kier molecular flexibility index (Phi) is 4.29. The van der Waals surface area contributed by atoms with Crippen molar-refractivity contribution in [2.75, 3.05) is 6.54 Å². The zero-order chi connectivity index (χ0) is 19.3. The normalized spacial score (nSPS) is 30.8. The highest BCUT2D eigenvalue weighted by Crippen LogP contribution is 2.59. The topological polar surface area (TPSA) is 59.8 Å². The second-order valence-electron chi connectivity index (χ2n) is 9.80. The molecular formula is C23H30N4O.